The summed E-state index contributed by atoms with van der Waals surface area (Å²) in [7, 11) is 2.11. The number of likely N-dealkylation sites (N-methyl/N-ethyl adjacent to an activating group) is 1. The second-order valence-corrected chi connectivity index (χ2v) is 6.75. The Morgan fingerprint density at radius 3 is 2.55 bits per heavy atom. The largest absolute Gasteiger partial charge is 0.369 e. The zero-order valence-corrected chi connectivity index (χ0v) is 14.0. The lowest BCUT2D eigenvalue weighted by Gasteiger charge is -2.33. The van der Waals surface area contributed by atoms with Crippen molar-refractivity contribution in [1.82, 2.24) is 20.0 Å². The number of hydrogen-bond acceptors (Lipinski definition) is 4. The van der Waals surface area contributed by atoms with Crippen LogP contribution in [0.2, 0.25) is 0 Å². The predicted molar refractivity (Wildman–Crippen MR) is 90.7 cm³/mol. The number of aromatic nitrogens is 2. The Morgan fingerprint density at radius 1 is 1.36 bits per heavy atom. The molecule has 0 radical (unpaired) electrons. The van der Waals surface area contributed by atoms with E-state index in [2.05, 4.69) is 64.7 Å². The number of nitrogens with two attached hydrogens (primary N) is 1. The Balaban J connectivity index is 1.95. The average molecular weight is 305 g/mol. The molecular formula is C15H27N7. The van der Waals surface area contributed by atoms with E-state index in [1.807, 2.05) is 6.07 Å². The van der Waals surface area contributed by atoms with Crippen LogP contribution < -0.4 is 11.1 Å². The molecule has 1 fully saturated rings. The molecule has 22 heavy (non-hydrogen) atoms. The lowest BCUT2D eigenvalue weighted by atomic mass is 9.92. The highest BCUT2D eigenvalue weighted by Gasteiger charge is 2.17. The Bertz CT molecular complexity index is 544. The van der Waals surface area contributed by atoms with Crippen molar-refractivity contribution >= 4 is 11.8 Å². The van der Waals surface area contributed by atoms with E-state index in [1.54, 1.807) is 0 Å². The molecule has 0 atom stereocenters. The normalized spacial score (nSPS) is 17.6. The molecule has 4 N–H and O–H groups in total. The quantitative estimate of drug-likeness (QED) is 0.576. The van der Waals surface area contributed by atoms with Crippen molar-refractivity contribution in [1.29, 1.82) is 0 Å². The molecule has 0 aliphatic carbocycles. The van der Waals surface area contributed by atoms with Gasteiger partial charge >= 0.3 is 0 Å². The van der Waals surface area contributed by atoms with Crippen LogP contribution in [0.3, 0.4) is 0 Å². The average Bonchev–Trinajstić information content (AvgIpc) is 2.87. The van der Waals surface area contributed by atoms with E-state index in [9.17, 15) is 0 Å². The first-order valence-corrected chi connectivity index (χ1v) is 7.55. The van der Waals surface area contributed by atoms with Gasteiger partial charge in [-0.25, -0.2) is 0 Å². The van der Waals surface area contributed by atoms with Crippen LogP contribution in [0, 0.1) is 0 Å². The van der Waals surface area contributed by atoms with Gasteiger partial charge in [-0.3, -0.25) is 5.10 Å². The minimum absolute atomic E-state index is 0.0161. The highest BCUT2D eigenvalue weighted by atomic mass is 15.3. The van der Waals surface area contributed by atoms with E-state index in [4.69, 9.17) is 5.73 Å². The molecule has 1 aromatic rings. The molecule has 0 unspecified atom stereocenters. The van der Waals surface area contributed by atoms with Crippen molar-refractivity contribution < 1.29 is 0 Å². The van der Waals surface area contributed by atoms with Crippen LogP contribution in [0.15, 0.2) is 23.5 Å². The number of nitrogens with zero attached hydrogens (tertiary/aromatic N) is 4. The van der Waals surface area contributed by atoms with E-state index in [0.29, 0.717) is 17.6 Å². The first-order valence-electron chi connectivity index (χ1n) is 7.55. The van der Waals surface area contributed by atoms with Crippen molar-refractivity contribution in [2.24, 2.45) is 10.7 Å². The molecule has 1 aliphatic heterocycles. The van der Waals surface area contributed by atoms with E-state index < -0.39 is 0 Å². The second kappa shape index (κ2) is 6.39. The SMILES string of the molecule is C=C(N=C(N)Nc1cc(C(C)(C)C)[nH]n1)N1CCN(C)CC1. The van der Waals surface area contributed by atoms with Gasteiger partial charge < -0.3 is 20.9 Å². The van der Waals surface area contributed by atoms with E-state index in [0.717, 1.165) is 31.9 Å². The Kier molecular flexibility index (Phi) is 4.75. The molecule has 0 aromatic carbocycles. The zero-order valence-electron chi connectivity index (χ0n) is 14.0. The van der Waals surface area contributed by atoms with Crippen LogP contribution in [-0.4, -0.2) is 59.2 Å². The summed E-state index contributed by atoms with van der Waals surface area (Å²) in [6.45, 7) is 14.2. The standard InChI is InChI=1S/C15H27N7/c1-11(22-8-6-21(5)7-9-22)17-14(16)18-13-10-12(19-20-13)15(2,3)4/h10H,1,6-9H2,2-5H3,(H4,16,17,18,19,20). The summed E-state index contributed by atoms with van der Waals surface area (Å²) >= 11 is 0. The molecule has 122 valence electrons. The topological polar surface area (TPSA) is 85.6 Å². The summed E-state index contributed by atoms with van der Waals surface area (Å²) in [5.74, 6) is 1.65. The minimum atomic E-state index is 0.0161. The van der Waals surface area contributed by atoms with Gasteiger partial charge in [0.1, 0.15) is 5.82 Å². The summed E-state index contributed by atoms with van der Waals surface area (Å²) in [6.07, 6.45) is 0. The predicted octanol–water partition coefficient (Wildman–Crippen LogP) is 1.15. The lowest BCUT2D eigenvalue weighted by molar-refractivity contribution is 0.186. The lowest BCUT2D eigenvalue weighted by Crippen LogP contribution is -2.43. The van der Waals surface area contributed by atoms with Gasteiger partial charge in [-0.05, 0) is 7.05 Å². The first kappa shape index (κ1) is 16.4. The van der Waals surface area contributed by atoms with Gasteiger partial charge in [-0.15, -0.1) is 0 Å². The summed E-state index contributed by atoms with van der Waals surface area (Å²) in [4.78, 5) is 8.76. The summed E-state index contributed by atoms with van der Waals surface area (Å²) in [5.41, 5.74) is 7.00. The fourth-order valence-corrected chi connectivity index (χ4v) is 2.20. The fraction of sp³-hybridized carbons (Fsp3) is 0.600. The van der Waals surface area contributed by atoms with Crippen molar-refractivity contribution in [2.75, 3.05) is 38.5 Å². The molecule has 2 rings (SSSR count). The summed E-state index contributed by atoms with van der Waals surface area (Å²) < 4.78 is 0. The molecule has 0 bridgehead atoms. The number of nitrogens with one attached hydrogen (secondary N) is 2. The number of guanidine groups is 1. The molecule has 1 aliphatic rings. The molecule has 7 nitrogen and oxygen atoms in total. The van der Waals surface area contributed by atoms with Gasteiger partial charge in [0.25, 0.3) is 0 Å². The number of H-pyrrole nitrogens is 1. The smallest absolute Gasteiger partial charge is 0.200 e. The number of anilines is 1. The van der Waals surface area contributed by atoms with Gasteiger partial charge in [-0.2, -0.15) is 10.1 Å². The molecule has 0 spiro atoms. The van der Waals surface area contributed by atoms with Gasteiger partial charge in [-0.1, -0.05) is 27.4 Å². The molecule has 0 amide bonds. The van der Waals surface area contributed by atoms with Crippen molar-refractivity contribution in [3.05, 3.63) is 24.2 Å². The third kappa shape index (κ3) is 4.24. The van der Waals surface area contributed by atoms with E-state index >= 15 is 0 Å². The Morgan fingerprint density at radius 2 is 2.00 bits per heavy atom. The fourth-order valence-electron chi connectivity index (χ4n) is 2.20. The Hall–Kier alpha value is -2.02. The van der Waals surface area contributed by atoms with Crippen LogP contribution >= 0.6 is 0 Å². The maximum atomic E-state index is 5.95. The first-order chi connectivity index (χ1) is 10.3. The van der Waals surface area contributed by atoms with Crippen LogP contribution in [-0.2, 0) is 5.41 Å². The van der Waals surface area contributed by atoms with Crippen molar-refractivity contribution in [3.8, 4) is 0 Å². The molecule has 1 aromatic heterocycles. The number of hydrogen-bond donors (Lipinski definition) is 3. The number of rotatable bonds is 3. The number of aliphatic imine (C=N–C) groups is 1. The zero-order chi connectivity index (χ0) is 16.3. The monoisotopic (exact) mass is 305 g/mol. The number of piperazine rings is 1. The number of aromatic amines is 1. The van der Waals surface area contributed by atoms with Gasteiger partial charge in [0.15, 0.2) is 5.82 Å². The van der Waals surface area contributed by atoms with Crippen molar-refractivity contribution in [2.45, 2.75) is 26.2 Å². The van der Waals surface area contributed by atoms with Gasteiger partial charge in [0, 0.05) is 43.4 Å². The second-order valence-electron chi connectivity index (χ2n) is 6.75. The molecular weight excluding hydrogens is 278 g/mol. The minimum Gasteiger partial charge on any atom is -0.369 e. The third-order valence-electron chi connectivity index (χ3n) is 3.76. The van der Waals surface area contributed by atoms with E-state index in [-0.39, 0.29) is 5.41 Å². The molecule has 7 heteroatoms. The van der Waals surface area contributed by atoms with Gasteiger partial charge in [0.2, 0.25) is 5.96 Å². The van der Waals surface area contributed by atoms with E-state index in [1.165, 1.54) is 0 Å². The van der Waals surface area contributed by atoms with Gasteiger partial charge in [0.05, 0.1) is 0 Å². The summed E-state index contributed by atoms with van der Waals surface area (Å²) in [5, 5.41) is 10.2. The third-order valence-corrected chi connectivity index (χ3v) is 3.76. The highest BCUT2D eigenvalue weighted by Crippen LogP contribution is 2.21. The molecule has 2 heterocycles. The summed E-state index contributed by atoms with van der Waals surface area (Å²) in [6, 6.07) is 1.95. The Labute approximate surface area is 132 Å². The van der Waals surface area contributed by atoms with Crippen LogP contribution in [0.5, 0.6) is 0 Å². The molecule has 0 saturated carbocycles. The maximum Gasteiger partial charge on any atom is 0.200 e. The maximum absolute atomic E-state index is 5.95. The van der Waals surface area contributed by atoms with Crippen molar-refractivity contribution in [3.63, 3.8) is 0 Å². The van der Waals surface area contributed by atoms with Crippen LogP contribution in [0.1, 0.15) is 26.5 Å². The van der Waals surface area contributed by atoms with Crippen LogP contribution in [0.25, 0.3) is 0 Å². The highest BCUT2D eigenvalue weighted by molar-refractivity contribution is 5.92. The van der Waals surface area contributed by atoms with Crippen LogP contribution in [0.4, 0.5) is 5.82 Å². The molecule has 1 saturated heterocycles.